The van der Waals surface area contributed by atoms with Crippen molar-refractivity contribution in [2.45, 2.75) is 40.3 Å². The molecule has 3 nitrogen and oxygen atoms in total. The van der Waals surface area contributed by atoms with E-state index in [0.29, 0.717) is 0 Å². The fraction of sp³-hybridized carbons (Fsp3) is 0.583. The van der Waals surface area contributed by atoms with Crippen molar-refractivity contribution in [1.82, 2.24) is 15.1 Å². The maximum atomic E-state index is 4.55. The van der Waals surface area contributed by atoms with E-state index in [2.05, 4.69) is 46.8 Å². The second-order valence-corrected chi connectivity index (χ2v) is 4.73. The lowest BCUT2D eigenvalue weighted by atomic mass is 10.3. The van der Waals surface area contributed by atoms with Crippen LogP contribution in [0.5, 0.6) is 0 Å². The van der Waals surface area contributed by atoms with Gasteiger partial charge in [0.25, 0.3) is 0 Å². The average molecular weight is 286 g/mol. The largest absolute Gasteiger partial charge is 0.307 e. The van der Waals surface area contributed by atoms with Crippen molar-refractivity contribution < 1.29 is 0 Å². The minimum Gasteiger partial charge on any atom is -0.307 e. The molecule has 0 saturated carbocycles. The molecule has 0 aliphatic rings. The second-order valence-electron chi connectivity index (χ2n) is 3.94. The van der Waals surface area contributed by atoms with Gasteiger partial charge in [-0.25, -0.2) is 0 Å². The summed E-state index contributed by atoms with van der Waals surface area (Å²) in [5.74, 6) is 0. The monoisotopic (exact) mass is 285 g/mol. The highest BCUT2D eigenvalue weighted by atomic mass is 79.9. The molecule has 16 heavy (non-hydrogen) atoms. The lowest BCUT2D eigenvalue weighted by Gasteiger charge is -2.07. The zero-order chi connectivity index (χ0) is 12.1. The van der Waals surface area contributed by atoms with Crippen LogP contribution >= 0.6 is 15.9 Å². The molecule has 0 atom stereocenters. The zero-order valence-corrected chi connectivity index (χ0v) is 11.9. The highest BCUT2D eigenvalue weighted by Gasteiger charge is 2.12. The van der Waals surface area contributed by atoms with Crippen molar-refractivity contribution in [2.75, 3.05) is 6.54 Å². The molecule has 0 aliphatic heterocycles. The van der Waals surface area contributed by atoms with Crippen LogP contribution in [-0.2, 0) is 19.5 Å². The van der Waals surface area contributed by atoms with E-state index in [0.717, 1.165) is 41.8 Å². The molecule has 0 unspecified atom stereocenters. The van der Waals surface area contributed by atoms with Crippen LogP contribution in [-0.4, -0.2) is 16.3 Å². The number of nitrogens with one attached hydrogen (secondary N) is 1. The smallest absolute Gasteiger partial charge is 0.0767 e. The van der Waals surface area contributed by atoms with E-state index in [-0.39, 0.29) is 0 Å². The molecule has 1 heterocycles. The Bertz CT molecular complexity index is 369. The molecule has 0 aliphatic carbocycles. The van der Waals surface area contributed by atoms with Crippen molar-refractivity contribution in [3.8, 4) is 0 Å². The van der Waals surface area contributed by atoms with Crippen LogP contribution in [0.1, 0.15) is 32.2 Å². The summed E-state index contributed by atoms with van der Waals surface area (Å²) in [6.07, 6.45) is 0.959. The standard InChI is InChI=1S/C12H20BrN3/c1-5-10-12(13)11(16(6-2)15-10)8-14-7-9(3)4/h14H,3,5-8H2,1-2,4H3. The quantitative estimate of drug-likeness (QED) is 0.815. The maximum absolute atomic E-state index is 4.55. The Labute approximate surface area is 106 Å². The van der Waals surface area contributed by atoms with Gasteiger partial charge in [0, 0.05) is 19.6 Å². The minimum atomic E-state index is 0.828. The van der Waals surface area contributed by atoms with E-state index in [1.165, 1.54) is 5.69 Å². The summed E-state index contributed by atoms with van der Waals surface area (Å²) in [6, 6.07) is 0. The Morgan fingerprint density at radius 3 is 2.69 bits per heavy atom. The van der Waals surface area contributed by atoms with Crippen LogP contribution in [0, 0.1) is 0 Å². The number of halogens is 1. The first kappa shape index (κ1) is 13.5. The zero-order valence-electron chi connectivity index (χ0n) is 10.3. The van der Waals surface area contributed by atoms with Gasteiger partial charge in [0.2, 0.25) is 0 Å². The van der Waals surface area contributed by atoms with E-state index >= 15 is 0 Å². The third kappa shape index (κ3) is 3.19. The summed E-state index contributed by atoms with van der Waals surface area (Å²) in [5, 5.41) is 7.92. The maximum Gasteiger partial charge on any atom is 0.0767 e. The highest BCUT2D eigenvalue weighted by Crippen LogP contribution is 2.22. The number of hydrogen-bond acceptors (Lipinski definition) is 2. The van der Waals surface area contributed by atoms with Crippen molar-refractivity contribution in [3.63, 3.8) is 0 Å². The Kier molecular flexibility index (Phi) is 5.22. The van der Waals surface area contributed by atoms with Crippen molar-refractivity contribution in [2.24, 2.45) is 0 Å². The summed E-state index contributed by atoms with van der Waals surface area (Å²) in [6.45, 7) is 12.7. The lowest BCUT2D eigenvalue weighted by molar-refractivity contribution is 0.587. The molecule has 1 aromatic heterocycles. The molecule has 1 N–H and O–H groups in total. The van der Waals surface area contributed by atoms with E-state index in [9.17, 15) is 0 Å². The summed E-state index contributed by atoms with van der Waals surface area (Å²) in [5.41, 5.74) is 3.50. The minimum absolute atomic E-state index is 0.828. The van der Waals surface area contributed by atoms with Gasteiger partial charge in [-0.05, 0) is 36.2 Å². The highest BCUT2D eigenvalue weighted by molar-refractivity contribution is 9.10. The first-order valence-corrected chi connectivity index (χ1v) is 6.48. The van der Waals surface area contributed by atoms with Gasteiger partial charge in [-0.2, -0.15) is 5.10 Å². The molecule has 0 aromatic carbocycles. The first-order chi connectivity index (χ1) is 7.60. The fourth-order valence-electron chi connectivity index (χ4n) is 1.58. The molecule has 90 valence electrons. The number of hydrogen-bond donors (Lipinski definition) is 1. The van der Waals surface area contributed by atoms with Gasteiger partial charge in [0.05, 0.1) is 15.9 Å². The summed E-state index contributed by atoms with van der Waals surface area (Å²) in [4.78, 5) is 0. The van der Waals surface area contributed by atoms with Crippen LogP contribution < -0.4 is 5.32 Å². The van der Waals surface area contributed by atoms with Gasteiger partial charge in [-0.1, -0.05) is 19.1 Å². The lowest BCUT2D eigenvalue weighted by Crippen LogP contribution is -2.18. The fourth-order valence-corrected chi connectivity index (χ4v) is 2.28. The molecule has 1 aromatic rings. The number of aryl methyl sites for hydroxylation is 2. The Morgan fingerprint density at radius 1 is 1.50 bits per heavy atom. The third-order valence-electron chi connectivity index (χ3n) is 2.41. The van der Waals surface area contributed by atoms with Crippen LogP contribution in [0.15, 0.2) is 16.6 Å². The van der Waals surface area contributed by atoms with E-state index in [1.54, 1.807) is 0 Å². The van der Waals surface area contributed by atoms with E-state index in [4.69, 9.17) is 0 Å². The van der Waals surface area contributed by atoms with Crippen molar-refractivity contribution in [3.05, 3.63) is 28.0 Å². The second kappa shape index (κ2) is 6.21. The van der Waals surface area contributed by atoms with Crippen molar-refractivity contribution >= 4 is 15.9 Å². The molecule has 0 saturated heterocycles. The van der Waals surface area contributed by atoms with Gasteiger partial charge in [-0.15, -0.1) is 0 Å². The molecular formula is C12H20BrN3. The third-order valence-corrected chi connectivity index (χ3v) is 3.33. The normalized spacial score (nSPS) is 10.8. The van der Waals surface area contributed by atoms with Crippen molar-refractivity contribution in [1.29, 1.82) is 0 Å². The molecular weight excluding hydrogens is 266 g/mol. The van der Waals surface area contributed by atoms with Gasteiger partial charge in [-0.3, -0.25) is 4.68 Å². The Hall–Kier alpha value is -0.610. The summed E-state index contributed by atoms with van der Waals surface area (Å²) >= 11 is 3.62. The molecule has 0 fully saturated rings. The number of nitrogens with zero attached hydrogens (tertiary/aromatic N) is 2. The van der Waals surface area contributed by atoms with Gasteiger partial charge >= 0.3 is 0 Å². The number of aromatic nitrogens is 2. The Balaban J connectivity index is 2.76. The molecule has 0 bridgehead atoms. The molecule has 4 heteroatoms. The molecule has 0 amide bonds. The van der Waals surface area contributed by atoms with E-state index < -0.39 is 0 Å². The average Bonchev–Trinajstić information content (AvgIpc) is 2.55. The SMILES string of the molecule is C=C(C)CNCc1c(Br)c(CC)nn1CC. The Morgan fingerprint density at radius 2 is 2.19 bits per heavy atom. The summed E-state index contributed by atoms with van der Waals surface area (Å²) < 4.78 is 3.19. The predicted molar refractivity (Wildman–Crippen MR) is 71.5 cm³/mol. The predicted octanol–water partition coefficient (Wildman–Crippen LogP) is 2.89. The molecule has 1 rings (SSSR count). The first-order valence-electron chi connectivity index (χ1n) is 5.69. The topological polar surface area (TPSA) is 29.9 Å². The van der Waals surface area contributed by atoms with Crippen LogP contribution in [0.25, 0.3) is 0 Å². The van der Waals surface area contributed by atoms with Crippen LogP contribution in [0.3, 0.4) is 0 Å². The molecule has 0 radical (unpaired) electrons. The number of rotatable bonds is 6. The summed E-state index contributed by atoms with van der Waals surface area (Å²) in [7, 11) is 0. The van der Waals surface area contributed by atoms with Gasteiger partial charge in [0.1, 0.15) is 0 Å². The van der Waals surface area contributed by atoms with E-state index in [1.807, 2.05) is 11.6 Å². The van der Waals surface area contributed by atoms with Gasteiger partial charge in [0.15, 0.2) is 0 Å². The van der Waals surface area contributed by atoms with Crippen LogP contribution in [0.4, 0.5) is 0 Å². The van der Waals surface area contributed by atoms with Gasteiger partial charge < -0.3 is 5.32 Å². The van der Waals surface area contributed by atoms with Crippen LogP contribution in [0.2, 0.25) is 0 Å². The molecule has 0 spiro atoms.